The number of ether oxygens (including phenoxy) is 1. The van der Waals surface area contributed by atoms with Gasteiger partial charge < -0.3 is 10.1 Å². The van der Waals surface area contributed by atoms with Crippen molar-refractivity contribution in [3.8, 4) is 0 Å². The Balaban J connectivity index is 1.72. The fourth-order valence-corrected chi connectivity index (χ4v) is 5.48. The Bertz CT molecular complexity index is 1070. The highest BCUT2D eigenvalue weighted by Crippen LogP contribution is 2.28. The molecule has 0 aromatic heterocycles. The van der Waals surface area contributed by atoms with Gasteiger partial charge in [0.05, 0.1) is 17.9 Å². The van der Waals surface area contributed by atoms with Gasteiger partial charge in [0.15, 0.2) is 0 Å². The van der Waals surface area contributed by atoms with Crippen LogP contribution in [0.1, 0.15) is 51.0 Å². The Morgan fingerprint density at radius 1 is 1.03 bits per heavy atom. The zero-order chi connectivity index (χ0) is 24.6. The molecule has 1 aliphatic rings. The normalized spacial score (nSPS) is 15.5. The second kappa shape index (κ2) is 12.3. The molecule has 2 N–H and O–H groups in total. The quantitative estimate of drug-likeness (QED) is 0.455. The SMILES string of the molecule is CCOC(=O)Cc1ccc(NC(=O)C(CC2CCCCC2)NS(=O)(=O)c2ccc(Cl)cc2)cc1. The number of sulfonamides is 1. The summed E-state index contributed by atoms with van der Waals surface area (Å²) in [5.74, 6) is -0.450. The lowest BCUT2D eigenvalue weighted by atomic mass is 9.85. The number of amides is 1. The molecule has 1 fully saturated rings. The summed E-state index contributed by atoms with van der Waals surface area (Å²) in [5.41, 5.74) is 1.29. The summed E-state index contributed by atoms with van der Waals surface area (Å²) in [6.45, 7) is 2.07. The molecule has 2 aromatic carbocycles. The molecule has 3 rings (SSSR count). The van der Waals surface area contributed by atoms with Crippen LogP contribution in [0, 0.1) is 5.92 Å². The predicted molar refractivity (Wildman–Crippen MR) is 132 cm³/mol. The maximum atomic E-state index is 13.2. The van der Waals surface area contributed by atoms with Crippen LogP contribution in [-0.2, 0) is 30.8 Å². The number of hydrogen-bond donors (Lipinski definition) is 2. The van der Waals surface area contributed by atoms with E-state index in [9.17, 15) is 18.0 Å². The lowest BCUT2D eigenvalue weighted by molar-refractivity contribution is -0.142. The average molecular weight is 507 g/mol. The molecule has 0 bridgehead atoms. The summed E-state index contributed by atoms with van der Waals surface area (Å²) in [6, 6.07) is 11.8. The molecule has 1 unspecified atom stereocenters. The number of carbonyl (C=O) groups is 2. The Morgan fingerprint density at radius 3 is 2.29 bits per heavy atom. The summed E-state index contributed by atoms with van der Waals surface area (Å²) < 4.78 is 33.5. The lowest BCUT2D eigenvalue weighted by Gasteiger charge is -2.26. The van der Waals surface area contributed by atoms with Crippen molar-refractivity contribution >= 4 is 39.2 Å². The number of rotatable bonds is 10. The highest BCUT2D eigenvalue weighted by atomic mass is 35.5. The Morgan fingerprint density at radius 2 is 1.68 bits per heavy atom. The van der Waals surface area contributed by atoms with E-state index in [-0.39, 0.29) is 23.2 Å². The van der Waals surface area contributed by atoms with E-state index in [1.165, 1.54) is 30.7 Å². The molecule has 2 aromatic rings. The minimum atomic E-state index is -3.91. The van der Waals surface area contributed by atoms with Crippen LogP contribution < -0.4 is 10.0 Å². The molecule has 1 amide bonds. The van der Waals surface area contributed by atoms with Gasteiger partial charge in [0.1, 0.15) is 6.04 Å². The van der Waals surface area contributed by atoms with Gasteiger partial charge in [0.25, 0.3) is 0 Å². The molecule has 1 saturated carbocycles. The van der Waals surface area contributed by atoms with Crippen molar-refractivity contribution in [3.05, 3.63) is 59.1 Å². The first-order valence-corrected chi connectivity index (χ1v) is 13.5. The summed E-state index contributed by atoms with van der Waals surface area (Å²) >= 11 is 5.89. The minimum absolute atomic E-state index is 0.0571. The van der Waals surface area contributed by atoms with Crippen LogP contribution in [0.25, 0.3) is 0 Å². The number of nitrogens with one attached hydrogen (secondary N) is 2. The van der Waals surface area contributed by atoms with E-state index >= 15 is 0 Å². The predicted octanol–water partition coefficient (Wildman–Crippen LogP) is 4.70. The van der Waals surface area contributed by atoms with Crippen LogP contribution in [0.5, 0.6) is 0 Å². The monoisotopic (exact) mass is 506 g/mol. The van der Waals surface area contributed by atoms with Crippen LogP contribution in [-0.4, -0.2) is 32.9 Å². The first-order valence-electron chi connectivity index (χ1n) is 11.6. The standard InChI is InChI=1S/C25H31ClN2O5S/c1-2-33-24(29)17-19-8-12-21(13-9-19)27-25(30)23(16-18-6-4-3-5-7-18)28-34(31,32)22-14-10-20(26)11-15-22/h8-15,18,23,28H,2-7,16-17H2,1H3,(H,27,30). The Labute approximate surface area is 206 Å². The fraction of sp³-hybridized carbons (Fsp3) is 0.440. The summed E-state index contributed by atoms with van der Waals surface area (Å²) in [4.78, 5) is 24.9. The molecular weight excluding hydrogens is 476 g/mol. The Hall–Kier alpha value is -2.42. The minimum Gasteiger partial charge on any atom is -0.466 e. The molecular formula is C25H31ClN2O5S. The van der Waals surface area contributed by atoms with E-state index in [1.807, 2.05) is 0 Å². The fourth-order valence-electron chi connectivity index (χ4n) is 4.15. The largest absolute Gasteiger partial charge is 0.466 e. The third-order valence-corrected chi connectivity index (χ3v) is 7.65. The molecule has 34 heavy (non-hydrogen) atoms. The van der Waals surface area contributed by atoms with Crippen molar-refractivity contribution in [3.63, 3.8) is 0 Å². The molecule has 1 aliphatic carbocycles. The van der Waals surface area contributed by atoms with Crippen molar-refractivity contribution in [1.29, 1.82) is 0 Å². The van der Waals surface area contributed by atoms with E-state index in [0.29, 0.717) is 23.7 Å². The van der Waals surface area contributed by atoms with Gasteiger partial charge in [-0.3, -0.25) is 9.59 Å². The second-order valence-corrected chi connectivity index (χ2v) is 10.7. The molecule has 0 aliphatic heterocycles. The van der Waals surface area contributed by atoms with Crippen molar-refractivity contribution in [1.82, 2.24) is 4.72 Å². The van der Waals surface area contributed by atoms with Crippen molar-refractivity contribution < 1.29 is 22.7 Å². The molecule has 9 heteroatoms. The second-order valence-electron chi connectivity index (χ2n) is 8.54. The molecule has 184 valence electrons. The number of anilines is 1. The Kier molecular flexibility index (Phi) is 9.50. The van der Waals surface area contributed by atoms with E-state index in [0.717, 1.165) is 31.2 Å². The molecule has 0 radical (unpaired) electrons. The van der Waals surface area contributed by atoms with Gasteiger partial charge >= 0.3 is 5.97 Å². The van der Waals surface area contributed by atoms with Gasteiger partial charge in [-0.15, -0.1) is 0 Å². The van der Waals surface area contributed by atoms with E-state index in [4.69, 9.17) is 16.3 Å². The van der Waals surface area contributed by atoms with Crippen molar-refractivity contribution in [2.24, 2.45) is 5.92 Å². The lowest BCUT2D eigenvalue weighted by Crippen LogP contribution is -2.45. The zero-order valence-corrected chi connectivity index (χ0v) is 20.8. The van der Waals surface area contributed by atoms with Gasteiger partial charge in [-0.05, 0) is 61.2 Å². The average Bonchev–Trinajstić information content (AvgIpc) is 2.81. The maximum Gasteiger partial charge on any atom is 0.310 e. The topological polar surface area (TPSA) is 102 Å². The number of benzene rings is 2. The first kappa shape index (κ1) is 26.2. The highest BCUT2D eigenvalue weighted by molar-refractivity contribution is 7.89. The number of halogens is 1. The van der Waals surface area contributed by atoms with Gasteiger partial charge in [0, 0.05) is 10.7 Å². The molecule has 0 saturated heterocycles. The molecule has 0 spiro atoms. The van der Waals surface area contributed by atoms with Gasteiger partial charge in [0.2, 0.25) is 15.9 Å². The summed E-state index contributed by atoms with van der Waals surface area (Å²) in [5, 5.41) is 3.25. The van der Waals surface area contributed by atoms with E-state index < -0.39 is 22.0 Å². The van der Waals surface area contributed by atoms with E-state index in [2.05, 4.69) is 10.0 Å². The molecule has 7 nitrogen and oxygen atoms in total. The summed E-state index contributed by atoms with van der Waals surface area (Å²) in [7, 11) is -3.91. The van der Waals surface area contributed by atoms with Gasteiger partial charge in [-0.1, -0.05) is 55.8 Å². The number of esters is 1. The van der Waals surface area contributed by atoms with Crippen LogP contribution in [0.3, 0.4) is 0 Å². The van der Waals surface area contributed by atoms with Crippen molar-refractivity contribution in [2.45, 2.75) is 62.8 Å². The zero-order valence-electron chi connectivity index (χ0n) is 19.3. The third-order valence-electron chi connectivity index (χ3n) is 5.91. The highest BCUT2D eigenvalue weighted by Gasteiger charge is 2.29. The number of carbonyl (C=O) groups excluding carboxylic acids is 2. The first-order chi connectivity index (χ1) is 16.3. The van der Waals surface area contributed by atoms with Crippen molar-refractivity contribution in [2.75, 3.05) is 11.9 Å². The number of hydrogen-bond acceptors (Lipinski definition) is 5. The molecule has 0 heterocycles. The van der Waals surface area contributed by atoms with E-state index in [1.54, 1.807) is 31.2 Å². The molecule has 1 atom stereocenters. The van der Waals surface area contributed by atoms with Crippen LogP contribution in [0.2, 0.25) is 5.02 Å². The van der Waals surface area contributed by atoms with Gasteiger partial charge in [-0.25, -0.2) is 8.42 Å². The third kappa shape index (κ3) is 7.82. The van der Waals surface area contributed by atoms with Crippen LogP contribution in [0.4, 0.5) is 5.69 Å². The smallest absolute Gasteiger partial charge is 0.310 e. The maximum absolute atomic E-state index is 13.2. The van der Waals surface area contributed by atoms with Crippen LogP contribution in [0.15, 0.2) is 53.4 Å². The van der Waals surface area contributed by atoms with Crippen LogP contribution >= 0.6 is 11.6 Å². The summed E-state index contributed by atoms with van der Waals surface area (Å²) in [6.07, 6.45) is 5.88. The van der Waals surface area contributed by atoms with Gasteiger partial charge in [-0.2, -0.15) is 4.72 Å².